The van der Waals surface area contributed by atoms with Gasteiger partial charge in [-0.05, 0) is 31.9 Å². The number of ether oxygens (including phenoxy) is 2. The summed E-state index contributed by atoms with van der Waals surface area (Å²) in [4.78, 5) is 22.1. The van der Waals surface area contributed by atoms with Crippen molar-refractivity contribution in [2.45, 2.75) is 32.6 Å². The van der Waals surface area contributed by atoms with Crippen molar-refractivity contribution in [3.8, 4) is 11.5 Å². The third kappa shape index (κ3) is 6.16. The largest absolute Gasteiger partial charge is 0.493 e. The van der Waals surface area contributed by atoms with Crippen molar-refractivity contribution in [3.63, 3.8) is 0 Å². The molecule has 0 bridgehead atoms. The van der Waals surface area contributed by atoms with Crippen LogP contribution in [0.25, 0.3) is 0 Å². The van der Waals surface area contributed by atoms with Crippen molar-refractivity contribution in [1.82, 2.24) is 0 Å². The SMILES string of the molecule is CCOc1cc(NC(=O)CCCCC(=O)O)ccc1OC. The van der Waals surface area contributed by atoms with Crippen molar-refractivity contribution < 1.29 is 24.2 Å². The Hall–Kier alpha value is -2.24. The van der Waals surface area contributed by atoms with Crippen LogP contribution in [0.1, 0.15) is 32.6 Å². The molecule has 0 aliphatic rings. The molecule has 6 nitrogen and oxygen atoms in total. The van der Waals surface area contributed by atoms with E-state index < -0.39 is 5.97 Å². The van der Waals surface area contributed by atoms with Gasteiger partial charge in [-0.2, -0.15) is 0 Å². The Balaban J connectivity index is 2.51. The van der Waals surface area contributed by atoms with Crippen molar-refractivity contribution in [2.75, 3.05) is 19.0 Å². The lowest BCUT2D eigenvalue weighted by atomic mass is 10.2. The third-order valence-corrected chi connectivity index (χ3v) is 2.79. The quantitative estimate of drug-likeness (QED) is 0.684. The van der Waals surface area contributed by atoms with Gasteiger partial charge in [-0.25, -0.2) is 0 Å². The number of carboxylic acid groups (broad SMARTS) is 1. The molecule has 0 saturated carbocycles. The van der Waals surface area contributed by atoms with E-state index in [1.54, 1.807) is 25.3 Å². The maximum Gasteiger partial charge on any atom is 0.303 e. The number of methoxy groups -OCH3 is 1. The zero-order valence-corrected chi connectivity index (χ0v) is 12.3. The zero-order valence-electron chi connectivity index (χ0n) is 12.3. The fraction of sp³-hybridized carbons (Fsp3) is 0.467. The number of nitrogens with one attached hydrogen (secondary N) is 1. The normalized spacial score (nSPS) is 10.0. The highest BCUT2D eigenvalue weighted by atomic mass is 16.5. The molecule has 6 heteroatoms. The molecule has 0 aliphatic carbocycles. The first-order valence-corrected chi connectivity index (χ1v) is 6.89. The van der Waals surface area contributed by atoms with Gasteiger partial charge in [0.2, 0.25) is 5.91 Å². The van der Waals surface area contributed by atoms with Gasteiger partial charge < -0.3 is 19.9 Å². The summed E-state index contributed by atoms with van der Waals surface area (Å²) in [7, 11) is 1.55. The van der Waals surface area contributed by atoms with Crippen LogP contribution in [0, 0.1) is 0 Å². The average molecular weight is 295 g/mol. The van der Waals surface area contributed by atoms with E-state index in [1.807, 2.05) is 6.92 Å². The van der Waals surface area contributed by atoms with Crippen LogP contribution in [-0.2, 0) is 9.59 Å². The van der Waals surface area contributed by atoms with Gasteiger partial charge in [0, 0.05) is 24.6 Å². The van der Waals surface area contributed by atoms with Crippen LogP contribution in [0.15, 0.2) is 18.2 Å². The maximum atomic E-state index is 11.8. The number of anilines is 1. The lowest BCUT2D eigenvalue weighted by molar-refractivity contribution is -0.137. The molecule has 0 atom stereocenters. The molecule has 116 valence electrons. The van der Waals surface area contributed by atoms with Crippen molar-refractivity contribution in [2.24, 2.45) is 0 Å². The number of unbranched alkanes of at least 4 members (excludes halogenated alkanes) is 1. The Kier molecular flexibility index (Phi) is 7.08. The number of hydrogen-bond donors (Lipinski definition) is 2. The molecule has 0 saturated heterocycles. The van der Waals surface area contributed by atoms with Crippen LogP contribution in [0.5, 0.6) is 11.5 Å². The van der Waals surface area contributed by atoms with Gasteiger partial charge in [0.25, 0.3) is 0 Å². The Bertz CT molecular complexity index is 487. The predicted octanol–water partition coefficient (Wildman–Crippen LogP) is 2.68. The molecule has 0 spiro atoms. The lowest BCUT2D eigenvalue weighted by Gasteiger charge is -2.11. The molecule has 0 radical (unpaired) electrons. The summed E-state index contributed by atoms with van der Waals surface area (Å²) in [5.74, 6) is 0.194. The molecule has 0 aromatic heterocycles. The second-order valence-corrected chi connectivity index (χ2v) is 4.45. The van der Waals surface area contributed by atoms with E-state index in [-0.39, 0.29) is 12.3 Å². The fourth-order valence-electron chi connectivity index (χ4n) is 1.81. The minimum Gasteiger partial charge on any atom is -0.493 e. The number of amides is 1. The monoisotopic (exact) mass is 295 g/mol. The summed E-state index contributed by atoms with van der Waals surface area (Å²) >= 11 is 0. The smallest absolute Gasteiger partial charge is 0.303 e. The van der Waals surface area contributed by atoms with Crippen LogP contribution in [0.4, 0.5) is 5.69 Å². The molecular weight excluding hydrogens is 274 g/mol. The highest BCUT2D eigenvalue weighted by Crippen LogP contribution is 2.30. The summed E-state index contributed by atoms with van der Waals surface area (Å²) < 4.78 is 10.6. The van der Waals surface area contributed by atoms with E-state index in [1.165, 1.54) is 0 Å². The Labute approximate surface area is 124 Å². The molecule has 0 heterocycles. The Morgan fingerprint density at radius 3 is 2.52 bits per heavy atom. The van der Waals surface area contributed by atoms with Crippen LogP contribution in [0.2, 0.25) is 0 Å². The van der Waals surface area contributed by atoms with E-state index >= 15 is 0 Å². The first kappa shape index (κ1) is 16.8. The van der Waals surface area contributed by atoms with Crippen LogP contribution < -0.4 is 14.8 Å². The molecule has 1 rings (SSSR count). The number of aliphatic carboxylic acids is 1. The second kappa shape index (κ2) is 8.84. The first-order valence-electron chi connectivity index (χ1n) is 6.89. The van der Waals surface area contributed by atoms with Gasteiger partial charge in [-0.3, -0.25) is 9.59 Å². The van der Waals surface area contributed by atoms with Gasteiger partial charge in [0.15, 0.2) is 11.5 Å². The van der Waals surface area contributed by atoms with Gasteiger partial charge in [-0.1, -0.05) is 0 Å². The van der Waals surface area contributed by atoms with Crippen LogP contribution in [0.3, 0.4) is 0 Å². The average Bonchev–Trinajstić information content (AvgIpc) is 2.44. The molecule has 21 heavy (non-hydrogen) atoms. The van der Waals surface area contributed by atoms with Crippen molar-refractivity contribution >= 4 is 17.6 Å². The van der Waals surface area contributed by atoms with Crippen LogP contribution >= 0.6 is 0 Å². The topological polar surface area (TPSA) is 84.9 Å². The van der Waals surface area contributed by atoms with Gasteiger partial charge in [0.1, 0.15) is 0 Å². The molecule has 0 aliphatic heterocycles. The summed E-state index contributed by atoms with van der Waals surface area (Å²) in [5, 5.41) is 11.3. The number of benzene rings is 1. The van der Waals surface area contributed by atoms with Crippen molar-refractivity contribution in [3.05, 3.63) is 18.2 Å². The highest BCUT2D eigenvalue weighted by molar-refractivity contribution is 5.91. The second-order valence-electron chi connectivity index (χ2n) is 4.45. The molecule has 1 amide bonds. The van der Waals surface area contributed by atoms with Gasteiger partial charge >= 0.3 is 5.97 Å². The van der Waals surface area contributed by atoms with E-state index in [9.17, 15) is 9.59 Å². The molecule has 1 aromatic carbocycles. The number of carboxylic acids is 1. The summed E-state index contributed by atoms with van der Waals surface area (Å²) in [6.45, 7) is 2.37. The minimum absolute atomic E-state index is 0.0876. The first-order chi connectivity index (χ1) is 10.1. The van der Waals surface area contributed by atoms with Crippen molar-refractivity contribution in [1.29, 1.82) is 0 Å². The third-order valence-electron chi connectivity index (χ3n) is 2.79. The fourth-order valence-corrected chi connectivity index (χ4v) is 1.81. The lowest BCUT2D eigenvalue weighted by Crippen LogP contribution is -2.11. The Morgan fingerprint density at radius 1 is 1.19 bits per heavy atom. The van der Waals surface area contributed by atoms with E-state index in [2.05, 4.69) is 5.32 Å². The molecular formula is C15H21NO5. The molecule has 0 unspecified atom stereocenters. The molecule has 2 N–H and O–H groups in total. The molecule has 0 fully saturated rings. The van der Waals surface area contributed by atoms with E-state index in [0.717, 1.165) is 0 Å². The maximum absolute atomic E-state index is 11.8. The van der Waals surface area contributed by atoms with Gasteiger partial charge in [0.05, 0.1) is 13.7 Å². The summed E-state index contributed by atoms with van der Waals surface area (Å²) in [6, 6.07) is 5.17. The minimum atomic E-state index is -0.841. The Morgan fingerprint density at radius 2 is 1.90 bits per heavy atom. The zero-order chi connectivity index (χ0) is 15.7. The predicted molar refractivity (Wildman–Crippen MR) is 78.9 cm³/mol. The van der Waals surface area contributed by atoms with E-state index in [4.69, 9.17) is 14.6 Å². The molecule has 1 aromatic rings. The number of carbonyl (C=O) groups excluding carboxylic acids is 1. The number of carbonyl (C=O) groups is 2. The number of rotatable bonds is 9. The number of hydrogen-bond acceptors (Lipinski definition) is 4. The van der Waals surface area contributed by atoms with E-state index in [0.29, 0.717) is 43.1 Å². The van der Waals surface area contributed by atoms with Gasteiger partial charge in [-0.15, -0.1) is 0 Å². The summed E-state index contributed by atoms with van der Waals surface area (Å²) in [6.07, 6.45) is 1.43. The highest BCUT2D eigenvalue weighted by Gasteiger charge is 2.08. The van der Waals surface area contributed by atoms with Crippen LogP contribution in [-0.4, -0.2) is 30.7 Å². The summed E-state index contributed by atoms with van der Waals surface area (Å²) in [5.41, 5.74) is 0.627. The standard InChI is InChI=1S/C15H21NO5/c1-3-21-13-10-11(8-9-12(13)20-2)16-14(17)6-4-5-7-15(18)19/h8-10H,3-7H2,1-2H3,(H,16,17)(H,18,19).